The summed E-state index contributed by atoms with van der Waals surface area (Å²) in [6.07, 6.45) is 1.78. The second kappa shape index (κ2) is 7.61. The minimum absolute atomic E-state index is 0.181. The Hall–Kier alpha value is -1.59. The van der Waals surface area contributed by atoms with Gasteiger partial charge in [0.2, 0.25) is 0 Å². The van der Waals surface area contributed by atoms with Crippen LogP contribution in [0.4, 0.5) is 10.5 Å². The fourth-order valence-electron chi connectivity index (χ4n) is 2.46. The predicted octanol–water partition coefficient (Wildman–Crippen LogP) is 2.52. The lowest BCUT2D eigenvalue weighted by Gasteiger charge is -2.15. The molecule has 22 heavy (non-hydrogen) atoms. The highest BCUT2D eigenvalue weighted by atomic mass is 16.5. The highest BCUT2D eigenvalue weighted by Crippen LogP contribution is 2.28. The number of rotatable bonds is 7. The molecule has 1 aliphatic carbocycles. The Balaban J connectivity index is 1.72. The lowest BCUT2D eigenvalue weighted by molar-refractivity contribution is 0.0339. The molecule has 1 aliphatic rings. The Morgan fingerprint density at radius 3 is 2.55 bits per heavy atom. The van der Waals surface area contributed by atoms with Crippen LogP contribution in [0, 0.1) is 26.7 Å². The molecule has 1 unspecified atom stereocenters. The second-order valence-electron chi connectivity index (χ2n) is 6.24. The highest BCUT2D eigenvalue weighted by molar-refractivity contribution is 5.91. The molecule has 0 bridgehead atoms. The van der Waals surface area contributed by atoms with Crippen molar-refractivity contribution in [1.82, 2.24) is 5.32 Å². The lowest BCUT2D eigenvalue weighted by atomic mass is 10.1. The number of amides is 2. The van der Waals surface area contributed by atoms with E-state index in [-0.39, 0.29) is 19.2 Å². The molecule has 1 saturated carbocycles. The van der Waals surface area contributed by atoms with Gasteiger partial charge in [0, 0.05) is 18.8 Å². The van der Waals surface area contributed by atoms with Crippen molar-refractivity contribution in [1.29, 1.82) is 0 Å². The van der Waals surface area contributed by atoms with Crippen LogP contribution in [0.1, 0.15) is 29.5 Å². The van der Waals surface area contributed by atoms with Crippen molar-refractivity contribution in [3.05, 3.63) is 28.8 Å². The zero-order valence-corrected chi connectivity index (χ0v) is 13.6. The van der Waals surface area contributed by atoms with Gasteiger partial charge in [0.05, 0.1) is 12.7 Å². The third-order valence-electron chi connectivity index (χ3n) is 3.77. The van der Waals surface area contributed by atoms with Gasteiger partial charge in [-0.25, -0.2) is 4.79 Å². The van der Waals surface area contributed by atoms with Gasteiger partial charge in [-0.1, -0.05) is 17.7 Å². The fourth-order valence-corrected chi connectivity index (χ4v) is 2.46. The largest absolute Gasteiger partial charge is 0.389 e. The van der Waals surface area contributed by atoms with Crippen LogP contribution in [-0.2, 0) is 4.74 Å². The van der Waals surface area contributed by atoms with Crippen molar-refractivity contribution in [3.8, 4) is 0 Å². The zero-order chi connectivity index (χ0) is 16.1. The maximum atomic E-state index is 11.9. The zero-order valence-electron chi connectivity index (χ0n) is 13.6. The molecule has 0 saturated heterocycles. The number of urea groups is 1. The summed E-state index contributed by atoms with van der Waals surface area (Å²) in [5.74, 6) is 0.677. The smallest absolute Gasteiger partial charge is 0.319 e. The standard InChI is InChI=1S/C17H26N2O3/c1-11-6-12(2)16(13(3)7-11)19-17(21)18-8-15(20)10-22-9-14-4-5-14/h6-7,14-15,20H,4-5,8-10H2,1-3H3,(H2,18,19,21). The molecule has 0 heterocycles. The average Bonchev–Trinajstić information content (AvgIpc) is 3.24. The molecule has 1 atom stereocenters. The van der Waals surface area contributed by atoms with Gasteiger partial charge in [-0.15, -0.1) is 0 Å². The molecule has 1 aromatic carbocycles. The first-order valence-corrected chi connectivity index (χ1v) is 7.84. The van der Waals surface area contributed by atoms with Crippen LogP contribution in [0.2, 0.25) is 0 Å². The fraction of sp³-hybridized carbons (Fsp3) is 0.588. The first kappa shape index (κ1) is 16.8. The lowest BCUT2D eigenvalue weighted by Crippen LogP contribution is -2.37. The molecule has 5 nitrogen and oxygen atoms in total. The van der Waals surface area contributed by atoms with Gasteiger partial charge < -0.3 is 20.5 Å². The van der Waals surface area contributed by atoms with E-state index in [4.69, 9.17) is 4.74 Å². The maximum absolute atomic E-state index is 11.9. The number of carbonyl (C=O) groups is 1. The van der Waals surface area contributed by atoms with E-state index in [0.717, 1.165) is 16.8 Å². The van der Waals surface area contributed by atoms with Crippen molar-refractivity contribution in [2.75, 3.05) is 25.1 Å². The number of carbonyl (C=O) groups excluding carboxylic acids is 1. The topological polar surface area (TPSA) is 70.6 Å². The van der Waals surface area contributed by atoms with Crippen LogP contribution in [0.15, 0.2) is 12.1 Å². The van der Waals surface area contributed by atoms with Crippen LogP contribution in [0.3, 0.4) is 0 Å². The van der Waals surface area contributed by atoms with Crippen molar-refractivity contribution in [2.45, 2.75) is 39.7 Å². The number of aryl methyl sites for hydroxylation is 3. The molecule has 0 spiro atoms. The Bertz CT molecular complexity index is 504. The Morgan fingerprint density at radius 1 is 1.32 bits per heavy atom. The number of hydrogen-bond donors (Lipinski definition) is 3. The van der Waals surface area contributed by atoms with Crippen LogP contribution < -0.4 is 10.6 Å². The molecule has 2 rings (SSSR count). The summed E-state index contributed by atoms with van der Waals surface area (Å²) in [6, 6.07) is 3.75. The summed E-state index contributed by atoms with van der Waals surface area (Å²) in [7, 11) is 0. The molecule has 3 N–H and O–H groups in total. The Labute approximate surface area is 132 Å². The van der Waals surface area contributed by atoms with Crippen molar-refractivity contribution < 1.29 is 14.6 Å². The molecular formula is C17H26N2O3. The van der Waals surface area contributed by atoms with E-state index in [1.54, 1.807) is 0 Å². The number of nitrogens with one attached hydrogen (secondary N) is 2. The van der Waals surface area contributed by atoms with Crippen LogP contribution in [-0.4, -0.2) is 37.0 Å². The van der Waals surface area contributed by atoms with Gasteiger partial charge in [0.1, 0.15) is 0 Å². The monoisotopic (exact) mass is 306 g/mol. The van der Waals surface area contributed by atoms with E-state index >= 15 is 0 Å². The third-order valence-corrected chi connectivity index (χ3v) is 3.77. The van der Waals surface area contributed by atoms with E-state index in [1.807, 2.05) is 32.9 Å². The second-order valence-corrected chi connectivity index (χ2v) is 6.24. The normalized spacial score (nSPS) is 15.5. The quantitative estimate of drug-likeness (QED) is 0.725. The molecule has 0 aromatic heterocycles. The van der Waals surface area contributed by atoms with Crippen LogP contribution in [0.5, 0.6) is 0 Å². The number of aliphatic hydroxyl groups excluding tert-OH is 1. The van der Waals surface area contributed by atoms with Crippen LogP contribution >= 0.6 is 0 Å². The SMILES string of the molecule is Cc1cc(C)c(NC(=O)NCC(O)COCC2CC2)c(C)c1. The highest BCUT2D eigenvalue weighted by Gasteiger charge is 2.21. The summed E-state index contributed by atoms with van der Waals surface area (Å²) in [6.45, 7) is 7.12. The number of benzene rings is 1. The van der Waals surface area contributed by atoms with E-state index in [9.17, 15) is 9.90 Å². The minimum Gasteiger partial charge on any atom is -0.389 e. The molecule has 0 aliphatic heterocycles. The van der Waals surface area contributed by atoms with E-state index in [0.29, 0.717) is 12.5 Å². The molecule has 5 heteroatoms. The Morgan fingerprint density at radius 2 is 1.95 bits per heavy atom. The average molecular weight is 306 g/mol. The Kier molecular flexibility index (Phi) is 5.80. The predicted molar refractivity (Wildman–Crippen MR) is 87.2 cm³/mol. The van der Waals surface area contributed by atoms with Gasteiger partial charge in [-0.2, -0.15) is 0 Å². The summed E-state index contributed by atoms with van der Waals surface area (Å²) in [5, 5.41) is 15.3. The minimum atomic E-state index is -0.676. The van der Waals surface area contributed by atoms with E-state index in [1.165, 1.54) is 18.4 Å². The van der Waals surface area contributed by atoms with Gasteiger partial charge in [-0.05, 0) is 50.7 Å². The van der Waals surface area contributed by atoms with E-state index < -0.39 is 6.10 Å². The number of hydrogen-bond acceptors (Lipinski definition) is 3. The van der Waals surface area contributed by atoms with Gasteiger partial charge in [-0.3, -0.25) is 0 Å². The molecule has 122 valence electrons. The number of anilines is 1. The van der Waals surface area contributed by atoms with Crippen molar-refractivity contribution in [2.24, 2.45) is 5.92 Å². The maximum Gasteiger partial charge on any atom is 0.319 e. The third kappa shape index (κ3) is 5.31. The van der Waals surface area contributed by atoms with Crippen molar-refractivity contribution >= 4 is 11.7 Å². The molecule has 0 radical (unpaired) electrons. The molecular weight excluding hydrogens is 280 g/mol. The molecule has 2 amide bonds. The molecule has 1 fully saturated rings. The summed E-state index contributed by atoms with van der Waals surface area (Å²) in [4.78, 5) is 11.9. The summed E-state index contributed by atoms with van der Waals surface area (Å²) >= 11 is 0. The van der Waals surface area contributed by atoms with Crippen LogP contribution in [0.25, 0.3) is 0 Å². The molecule has 1 aromatic rings. The first-order valence-electron chi connectivity index (χ1n) is 7.84. The first-order chi connectivity index (χ1) is 10.5. The number of aliphatic hydroxyl groups is 1. The number of ether oxygens (including phenoxy) is 1. The van der Waals surface area contributed by atoms with Crippen molar-refractivity contribution in [3.63, 3.8) is 0 Å². The summed E-state index contributed by atoms with van der Waals surface area (Å²) < 4.78 is 5.40. The van der Waals surface area contributed by atoms with Gasteiger partial charge in [0.25, 0.3) is 0 Å². The van der Waals surface area contributed by atoms with Gasteiger partial charge >= 0.3 is 6.03 Å². The summed E-state index contributed by atoms with van der Waals surface area (Å²) in [5.41, 5.74) is 4.05. The van der Waals surface area contributed by atoms with E-state index in [2.05, 4.69) is 10.6 Å². The van der Waals surface area contributed by atoms with Gasteiger partial charge in [0.15, 0.2) is 0 Å².